The van der Waals surface area contributed by atoms with Gasteiger partial charge >= 0.3 is 12.2 Å². The van der Waals surface area contributed by atoms with E-state index in [1.807, 2.05) is 51.1 Å². The topological polar surface area (TPSA) is 106 Å². The summed E-state index contributed by atoms with van der Waals surface area (Å²) in [5, 5.41) is 11.5. The quantitative estimate of drug-likeness (QED) is 0.355. The van der Waals surface area contributed by atoms with E-state index in [1.165, 1.54) is 6.42 Å². The fourth-order valence-corrected chi connectivity index (χ4v) is 6.84. The first kappa shape index (κ1) is 32.0. The zero-order chi connectivity index (χ0) is 30.8. The Labute approximate surface area is 250 Å². The first-order valence-corrected chi connectivity index (χ1v) is 15.3. The van der Waals surface area contributed by atoms with Gasteiger partial charge in [-0.3, -0.25) is 9.69 Å². The lowest BCUT2D eigenvalue weighted by Gasteiger charge is -2.38. The van der Waals surface area contributed by atoms with Crippen molar-refractivity contribution < 1.29 is 33.7 Å². The van der Waals surface area contributed by atoms with Crippen LogP contribution in [0, 0.1) is 11.8 Å². The molecule has 1 N–H and O–H groups in total. The van der Waals surface area contributed by atoms with Gasteiger partial charge in [-0.1, -0.05) is 68.5 Å². The lowest BCUT2D eigenvalue weighted by Crippen LogP contribution is -2.54. The minimum Gasteiger partial charge on any atom is -0.444 e. The van der Waals surface area contributed by atoms with E-state index in [0.29, 0.717) is 12.3 Å². The van der Waals surface area contributed by atoms with Gasteiger partial charge in [0.25, 0.3) is 0 Å². The van der Waals surface area contributed by atoms with Crippen LogP contribution in [0.25, 0.3) is 0 Å². The Hall–Kier alpha value is -2.91. The number of carbonyl (C=O) groups excluding carboxylic acids is 3. The molecule has 1 saturated carbocycles. The van der Waals surface area contributed by atoms with Crippen molar-refractivity contribution in [1.29, 1.82) is 0 Å². The van der Waals surface area contributed by atoms with Gasteiger partial charge in [0.05, 0.1) is 30.2 Å². The van der Waals surface area contributed by atoms with Crippen molar-refractivity contribution in [3.63, 3.8) is 0 Å². The molecule has 232 valence electrons. The van der Waals surface area contributed by atoms with Crippen molar-refractivity contribution in [2.75, 3.05) is 0 Å². The molecule has 42 heavy (non-hydrogen) atoms. The van der Waals surface area contributed by atoms with Gasteiger partial charge in [-0.2, -0.15) is 0 Å². The summed E-state index contributed by atoms with van der Waals surface area (Å²) in [7, 11) is 0. The molecule has 2 aliphatic heterocycles. The van der Waals surface area contributed by atoms with Crippen LogP contribution in [0.15, 0.2) is 43.0 Å². The molecule has 0 unspecified atom stereocenters. The zero-order valence-electron chi connectivity index (χ0n) is 26.0. The molecule has 0 spiro atoms. The molecule has 1 aliphatic carbocycles. The molecular weight excluding hydrogens is 536 g/mol. The highest BCUT2D eigenvalue weighted by atomic mass is 16.6. The smallest absolute Gasteiger partial charge is 0.417 e. The van der Waals surface area contributed by atoms with Gasteiger partial charge in [0, 0.05) is 0 Å². The van der Waals surface area contributed by atoms with E-state index in [4.69, 9.17) is 14.2 Å². The lowest BCUT2D eigenvalue weighted by molar-refractivity contribution is -0.149. The van der Waals surface area contributed by atoms with Crippen LogP contribution in [0.5, 0.6) is 0 Å². The van der Waals surface area contributed by atoms with Gasteiger partial charge in [-0.15, -0.1) is 6.58 Å². The van der Waals surface area contributed by atoms with Gasteiger partial charge in [-0.05, 0) is 65.9 Å². The number of carbonyl (C=O) groups is 3. The van der Waals surface area contributed by atoms with Crippen molar-refractivity contribution in [3.05, 3.63) is 48.6 Å². The van der Waals surface area contributed by atoms with E-state index in [2.05, 4.69) is 6.58 Å². The minimum atomic E-state index is -1.20. The first-order chi connectivity index (χ1) is 19.7. The van der Waals surface area contributed by atoms with E-state index in [1.54, 1.807) is 31.7 Å². The van der Waals surface area contributed by atoms with Gasteiger partial charge < -0.3 is 19.3 Å². The number of ether oxygens (including phenoxy) is 3. The number of cyclic esters (lactones) is 1. The molecule has 1 aromatic carbocycles. The highest BCUT2D eigenvalue weighted by Gasteiger charge is 2.58. The van der Waals surface area contributed by atoms with Gasteiger partial charge in [0.15, 0.2) is 0 Å². The highest BCUT2D eigenvalue weighted by molar-refractivity contribution is 5.95. The number of aliphatic hydroxyl groups is 1. The molecule has 3 amide bonds. The Bertz CT molecular complexity index is 1120. The number of benzene rings is 1. The highest BCUT2D eigenvalue weighted by Crippen LogP contribution is 2.44. The van der Waals surface area contributed by atoms with Gasteiger partial charge in [0.2, 0.25) is 5.91 Å². The molecule has 0 aromatic heterocycles. The Morgan fingerprint density at radius 2 is 1.81 bits per heavy atom. The maximum absolute atomic E-state index is 14.4. The number of nitrogens with zero attached hydrogens (tertiary/aromatic N) is 2. The van der Waals surface area contributed by atoms with E-state index in [-0.39, 0.29) is 6.42 Å². The maximum atomic E-state index is 14.4. The third kappa shape index (κ3) is 6.83. The number of hydrogen-bond acceptors (Lipinski definition) is 7. The van der Waals surface area contributed by atoms with Crippen LogP contribution >= 0.6 is 0 Å². The van der Waals surface area contributed by atoms with Crippen LogP contribution in [0.3, 0.4) is 0 Å². The van der Waals surface area contributed by atoms with Crippen LogP contribution in [0.2, 0.25) is 0 Å². The Morgan fingerprint density at radius 3 is 2.40 bits per heavy atom. The molecule has 9 heteroatoms. The normalized spacial score (nSPS) is 27.8. The van der Waals surface area contributed by atoms with Crippen LogP contribution in [0.4, 0.5) is 9.59 Å². The summed E-state index contributed by atoms with van der Waals surface area (Å²) in [6.45, 7) is 14.5. The van der Waals surface area contributed by atoms with Crippen molar-refractivity contribution in [1.82, 2.24) is 9.80 Å². The second kappa shape index (κ2) is 12.8. The molecule has 0 radical (unpaired) electrons. The summed E-state index contributed by atoms with van der Waals surface area (Å²) in [6.07, 6.45) is 3.69. The Kier molecular flexibility index (Phi) is 9.72. The fourth-order valence-electron chi connectivity index (χ4n) is 6.84. The summed E-state index contributed by atoms with van der Waals surface area (Å²) in [5.74, 6) is -1.40. The predicted molar refractivity (Wildman–Crippen MR) is 158 cm³/mol. The average Bonchev–Trinajstić information content (AvgIpc) is 3.35. The fraction of sp³-hybridized carbons (Fsp3) is 0.667. The van der Waals surface area contributed by atoms with Crippen LogP contribution in [0.1, 0.15) is 98.2 Å². The van der Waals surface area contributed by atoms with E-state index in [0.717, 1.165) is 36.1 Å². The number of hydrogen-bond donors (Lipinski definition) is 1. The number of aliphatic hydroxyl groups excluding tert-OH is 1. The lowest BCUT2D eigenvalue weighted by atomic mass is 9.79. The molecule has 2 saturated heterocycles. The molecular formula is C33H48N2O7. The molecule has 3 fully saturated rings. The third-order valence-corrected chi connectivity index (χ3v) is 8.70. The summed E-state index contributed by atoms with van der Waals surface area (Å²) in [5.41, 5.74) is -1.08. The summed E-state index contributed by atoms with van der Waals surface area (Å²) in [6, 6.07) is 8.13. The van der Waals surface area contributed by atoms with Crippen molar-refractivity contribution >= 4 is 18.1 Å². The molecule has 3 aliphatic rings. The molecule has 4 rings (SSSR count). The Morgan fingerprint density at radius 1 is 1.17 bits per heavy atom. The largest absolute Gasteiger partial charge is 0.444 e. The monoisotopic (exact) mass is 584 g/mol. The van der Waals surface area contributed by atoms with E-state index >= 15 is 0 Å². The van der Waals surface area contributed by atoms with Crippen LogP contribution < -0.4 is 0 Å². The molecule has 1 aromatic rings. The first-order valence-electron chi connectivity index (χ1n) is 15.3. The van der Waals surface area contributed by atoms with E-state index < -0.39 is 65.7 Å². The molecule has 0 bridgehead atoms. The minimum absolute atomic E-state index is 0.110. The van der Waals surface area contributed by atoms with E-state index in [9.17, 15) is 19.5 Å². The van der Waals surface area contributed by atoms with Crippen molar-refractivity contribution in [2.24, 2.45) is 11.8 Å². The van der Waals surface area contributed by atoms with Crippen LogP contribution in [-0.2, 0) is 19.0 Å². The SMILES string of the molecule is C=CC[C@@H](O)[C@@H](C(=O)N1C(=O)O[C@@H](c2ccccc2)[C@H]1C)[C@H]1OC(C)(C)N(C(=O)OC(C)(C)C)[C@H]1CC1CCCCC1. The number of imide groups is 1. The molecule has 9 nitrogen and oxygen atoms in total. The molecule has 6 atom stereocenters. The second-order valence-corrected chi connectivity index (χ2v) is 13.5. The summed E-state index contributed by atoms with van der Waals surface area (Å²) < 4.78 is 18.1. The number of amides is 3. The third-order valence-electron chi connectivity index (χ3n) is 8.70. The Balaban J connectivity index is 1.72. The zero-order valence-corrected chi connectivity index (χ0v) is 26.0. The van der Waals surface area contributed by atoms with Gasteiger partial charge in [0.1, 0.15) is 17.4 Å². The maximum Gasteiger partial charge on any atom is 0.417 e. The summed E-state index contributed by atoms with van der Waals surface area (Å²) in [4.78, 5) is 44.1. The molecule has 2 heterocycles. The van der Waals surface area contributed by atoms with Crippen molar-refractivity contribution in [3.8, 4) is 0 Å². The average molecular weight is 585 g/mol. The number of rotatable bonds is 8. The van der Waals surface area contributed by atoms with Crippen molar-refractivity contribution in [2.45, 2.75) is 128 Å². The second-order valence-electron chi connectivity index (χ2n) is 13.5. The predicted octanol–water partition coefficient (Wildman–Crippen LogP) is 6.36. The standard InChI is InChI=1S/C33H48N2O7/c1-8-15-25(36)26(29(37)34-21(2)27(40-30(34)38)23-18-13-10-14-19-23)28-24(20-22-16-11-9-12-17-22)35(33(6,7)41-28)31(39)42-32(3,4)5/h8,10,13-14,18-19,21-22,24-28,36H,1,9,11-12,15-17,20H2,2-7H3/t21-,24+,25-,26-,27-,28+/m1/s1. The van der Waals surface area contributed by atoms with Gasteiger partial charge in [-0.25, -0.2) is 14.5 Å². The van der Waals surface area contributed by atoms with Crippen LogP contribution in [-0.4, -0.2) is 68.6 Å². The summed E-state index contributed by atoms with van der Waals surface area (Å²) >= 11 is 0.